The molecule has 4 aromatic rings. The smallest absolute Gasteiger partial charge is 0.307 e. The summed E-state index contributed by atoms with van der Waals surface area (Å²) in [7, 11) is 0. The van der Waals surface area contributed by atoms with Gasteiger partial charge in [-0.25, -0.2) is 4.79 Å². The number of thioether (sulfide) groups is 1. The number of carbonyl (C=O) groups is 3. The van der Waals surface area contributed by atoms with Gasteiger partial charge in [-0.15, -0.1) is 11.8 Å². The Morgan fingerprint density at radius 1 is 0.900 bits per heavy atom. The fourth-order valence-electron chi connectivity index (χ4n) is 4.75. The Hall–Kier alpha value is -4.21. The predicted octanol–water partition coefficient (Wildman–Crippen LogP) is 6.64. The van der Waals surface area contributed by atoms with Crippen LogP contribution >= 0.6 is 24.0 Å². The van der Waals surface area contributed by atoms with Crippen LogP contribution in [-0.4, -0.2) is 38.7 Å². The van der Waals surface area contributed by atoms with Crippen LogP contribution < -0.4 is 16.2 Å². The van der Waals surface area contributed by atoms with Crippen molar-refractivity contribution in [1.29, 1.82) is 0 Å². The molecule has 5 rings (SSSR count). The summed E-state index contributed by atoms with van der Waals surface area (Å²) in [6.07, 6.45) is 0.845. The number of benzene rings is 4. The molecule has 3 N–H and O–H groups in total. The molecule has 4 amide bonds. The van der Waals surface area contributed by atoms with Gasteiger partial charge in [0.15, 0.2) is 0 Å². The van der Waals surface area contributed by atoms with Gasteiger partial charge in [0, 0.05) is 39.4 Å². The number of hydrogen-bond acceptors (Lipinski definition) is 6. The van der Waals surface area contributed by atoms with E-state index in [4.69, 9.17) is 12.2 Å². The minimum absolute atomic E-state index is 0.302. The van der Waals surface area contributed by atoms with E-state index in [0.717, 1.165) is 21.7 Å². The Labute approximate surface area is 242 Å². The summed E-state index contributed by atoms with van der Waals surface area (Å²) in [5.74, 6) is -0.632. The monoisotopic (exact) mass is 568 g/mol. The summed E-state index contributed by atoms with van der Waals surface area (Å²) >= 11 is 7.26. The number of hydrogen-bond donors (Lipinski definition) is 3. The van der Waals surface area contributed by atoms with E-state index in [1.165, 1.54) is 4.90 Å². The summed E-state index contributed by atoms with van der Waals surface area (Å²) in [5.41, 5.74) is 9.94. The maximum absolute atomic E-state index is 12.8. The van der Waals surface area contributed by atoms with Crippen LogP contribution in [-0.2, 0) is 6.42 Å². The molecule has 0 fully saturated rings. The van der Waals surface area contributed by atoms with Crippen LogP contribution in [0.15, 0.2) is 84.9 Å². The molecule has 9 heteroatoms. The van der Waals surface area contributed by atoms with E-state index in [9.17, 15) is 14.4 Å². The number of nitrogens with zero attached hydrogens (tertiary/aromatic N) is 1. The quantitative estimate of drug-likeness (QED) is 0.125. The molecule has 1 heterocycles. The first-order chi connectivity index (χ1) is 19.4. The van der Waals surface area contributed by atoms with Crippen molar-refractivity contribution in [2.24, 2.45) is 0 Å². The lowest BCUT2D eigenvalue weighted by Crippen LogP contribution is -2.40. The van der Waals surface area contributed by atoms with Crippen molar-refractivity contribution in [3.05, 3.63) is 107 Å². The number of rotatable bonds is 8. The van der Waals surface area contributed by atoms with Gasteiger partial charge in [-0.1, -0.05) is 73.7 Å². The van der Waals surface area contributed by atoms with Crippen molar-refractivity contribution in [1.82, 2.24) is 10.3 Å². The lowest BCUT2D eigenvalue weighted by molar-refractivity contribution is 0.0619. The maximum atomic E-state index is 12.8. The highest BCUT2D eigenvalue weighted by molar-refractivity contribution is 8.24. The molecule has 40 heavy (non-hydrogen) atoms. The number of urea groups is 1. The van der Waals surface area contributed by atoms with Gasteiger partial charge in [-0.05, 0) is 54.8 Å². The number of amides is 4. The number of imide groups is 1. The number of carbonyl (C=O) groups excluding carboxylic acids is 3. The van der Waals surface area contributed by atoms with E-state index in [1.807, 2.05) is 60.7 Å². The summed E-state index contributed by atoms with van der Waals surface area (Å²) in [5, 5.41) is 4.38. The van der Waals surface area contributed by atoms with Gasteiger partial charge in [0.25, 0.3) is 11.8 Å². The molecule has 7 nitrogen and oxygen atoms in total. The topological polar surface area (TPSA) is 90.5 Å². The number of anilines is 2. The predicted molar refractivity (Wildman–Crippen MR) is 166 cm³/mol. The third-order valence-electron chi connectivity index (χ3n) is 6.67. The fraction of sp³-hybridized carbons (Fsp3) is 0.161. The Kier molecular flexibility index (Phi) is 8.14. The fourth-order valence-corrected chi connectivity index (χ4v) is 6.29. The molecule has 0 bridgehead atoms. The highest BCUT2D eigenvalue weighted by Crippen LogP contribution is 2.34. The van der Waals surface area contributed by atoms with Gasteiger partial charge < -0.3 is 5.32 Å². The molecule has 0 radical (unpaired) electrons. The lowest BCUT2D eigenvalue weighted by atomic mass is 9.93. The first-order valence-electron chi connectivity index (χ1n) is 13.0. The highest BCUT2D eigenvalue weighted by Gasteiger charge is 2.32. The summed E-state index contributed by atoms with van der Waals surface area (Å²) < 4.78 is 0.882. The highest BCUT2D eigenvalue weighted by atomic mass is 32.2. The lowest BCUT2D eigenvalue weighted by Gasteiger charge is -2.26. The van der Waals surface area contributed by atoms with Crippen LogP contribution in [0.25, 0.3) is 10.8 Å². The second-order valence-electron chi connectivity index (χ2n) is 9.43. The van der Waals surface area contributed by atoms with E-state index in [0.29, 0.717) is 45.1 Å². The Morgan fingerprint density at radius 2 is 1.60 bits per heavy atom. The summed E-state index contributed by atoms with van der Waals surface area (Å²) in [4.78, 5) is 39.5. The van der Waals surface area contributed by atoms with E-state index < -0.39 is 6.03 Å². The van der Waals surface area contributed by atoms with Crippen LogP contribution in [0.3, 0.4) is 0 Å². The van der Waals surface area contributed by atoms with Crippen molar-refractivity contribution < 1.29 is 14.4 Å². The molecular weight excluding hydrogens is 541 g/mol. The van der Waals surface area contributed by atoms with Gasteiger partial charge in [0.05, 0.1) is 9.88 Å². The molecule has 0 spiro atoms. The molecule has 1 atom stereocenters. The zero-order valence-electron chi connectivity index (χ0n) is 22.1. The van der Waals surface area contributed by atoms with Crippen LogP contribution in [0.5, 0.6) is 0 Å². The van der Waals surface area contributed by atoms with Crippen molar-refractivity contribution in [3.8, 4) is 0 Å². The maximum Gasteiger partial charge on any atom is 0.337 e. The van der Waals surface area contributed by atoms with E-state index in [-0.39, 0.29) is 11.8 Å². The molecule has 0 aromatic heterocycles. The van der Waals surface area contributed by atoms with Gasteiger partial charge in [-0.2, -0.15) is 0 Å². The van der Waals surface area contributed by atoms with Crippen molar-refractivity contribution in [3.63, 3.8) is 0 Å². The van der Waals surface area contributed by atoms with Crippen LogP contribution in [0.1, 0.15) is 45.7 Å². The second-order valence-corrected chi connectivity index (χ2v) is 11.5. The van der Waals surface area contributed by atoms with Crippen LogP contribution in [0, 0.1) is 0 Å². The van der Waals surface area contributed by atoms with Crippen LogP contribution in [0.4, 0.5) is 16.2 Å². The van der Waals surface area contributed by atoms with Gasteiger partial charge in [0.1, 0.15) is 0 Å². The average molecular weight is 569 g/mol. The summed E-state index contributed by atoms with van der Waals surface area (Å²) in [6, 6.07) is 26.0. The molecule has 1 unspecified atom stereocenters. The Morgan fingerprint density at radius 3 is 2.30 bits per heavy atom. The van der Waals surface area contributed by atoms with Crippen molar-refractivity contribution in [2.75, 3.05) is 17.3 Å². The number of thiocarbonyl (C=S) groups is 1. The van der Waals surface area contributed by atoms with E-state index in [2.05, 4.69) is 23.1 Å². The Balaban J connectivity index is 1.19. The largest absolute Gasteiger partial charge is 0.337 e. The van der Waals surface area contributed by atoms with E-state index in [1.54, 1.807) is 43.0 Å². The molecular formula is C31H28N4O3S2. The van der Waals surface area contributed by atoms with Gasteiger partial charge in [0.2, 0.25) is 0 Å². The first-order valence-corrected chi connectivity index (χ1v) is 14.2. The minimum atomic E-state index is -0.449. The number of hydrazine groups is 1. The molecule has 0 saturated carbocycles. The van der Waals surface area contributed by atoms with Gasteiger partial charge in [-0.3, -0.25) is 25.3 Å². The third-order valence-corrected chi connectivity index (χ3v) is 8.21. The van der Waals surface area contributed by atoms with Crippen LogP contribution in [0.2, 0.25) is 0 Å². The standard InChI is InChI=1S/C31H28N4O3S2/c1-3-35-28(36)24-11-7-10-23-26(17-16-25(27(23)24)29(35)37)33-34-31(38)32-22-14-12-20(13-15-22)18-19(2)40-30(39)21-8-5-4-6-9-21/h4-17,19,33H,3,18H2,1-2H3,(H2,32,34,38). The first kappa shape index (κ1) is 27.4. The van der Waals surface area contributed by atoms with Gasteiger partial charge >= 0.3 is 6.03 Å². The molecule has 0 saturated heterocycles. The third kappa shape index (κ3) is 5.71. The molecule has 1 aliphatic rings. The van der Waals surface area contributed by atoms with Crippen molar-refractivity contribution >= 4 is 68.2 Å². The molecule has 1 aliphatic heterocycles. The molecule has 0 aliphatic carbocycles. The molecule has 4 aromatic carbocycles. The normalized spacial score (nSPS) is 13.2. The number of nitrogens with one attached hydrogen (secondary N) is 3. The summed E-state index contributed by atoms with van der Waals surface area (Å²) in [6.45, 7) is 4.23. The Bertz CT molecular complexity index is 1580. The van der Waals surface area contributed by atoms with E-state index >= 15 is 0 Å². The molecule has 202 valence electrons. The average Bonchev–Trinajstić information content (AvgIpc) is 2.96. The second kappa shape index (κ2) is 11.9. The zero-order valence-corrected chi connectivity index (χ0v) is 23.7. The zero-order chi connectivity index (χ0) is 28.2. The SMILES string of the molecule is CCN1C(=O)c2cccc3c(NNC(=O)Nc4ccc(CC(C)SC(=S)c5ccccc5)cc4)ccc(c23)C1=O. The van der Waals surface area contributed by atoms with Crippen molar-refractivity contribution in [2.45, 2.75) is 25.5 Å². The minimum Gasteiger partial charge on any atom is -0.307 e.